The summed E-state index contributed by atoms with van der Waals surface area (Å²) in [4.78, 5) is 14.1. The lowest BCUT2D eigenvalue weighted by atomic mass is 10.4. The van der Waals surface area contributed by atoms with Gasteiger partial charge in [0.1, 0.15) is 5.15 Å². The summed E-state index contributed by atoms with van der Waals surface area (Å²) in [5.74, 6) is 0.326. The van der Waals surface area contributed by atoms with Crippen molar-refractivity contribution in [1.29, 1.82) is 0 Å². The summed E-state index contributed by atoms with van der Waals surface area (Å²) in [7, 11) is 0. The second-order valence-electron chi connectivity index (χ2n) is 3.17. The van der Waals surface area contributed by atoms with E-state index in [-0.39, 0.29) is 10.8 Å². The van der Waals surface area contributed by atoms with Gasteiger partial charge in [-0.25, -0.2) is 9.67 Å². The molecule has 7 heteroatoms. The molecule has 0 aliphatic heterocycles. The van der Waals surface area contributed by atoms with Crippen molar-refractivity contribution >= 4 is 17.3 Å². The second kappa shape index (κ2) is 3.90. The Kier molecular flexibility index (Phi) is 2.57. The molecule has 0 saturated carbocycles. The lowest BCUT2D eigenvalue weighted by Crippen LogP contribution is -2.00. The summed E-state index contributed by atoms with van der Waals surface area (Å²) in [6, 6.07) is 4.29. The molecule has 6 nitrogen and oxygen atoms in total. The van der Waals surface area contributed by atoms with Crippen LogP contribution in [0.4, 0.5) is 5.69 Å². The topological polar surface area (TPSA) is 73.8 Å². The van der Waals surface area contributed by atoms with Gasteiger partial charge in [0.05, 0.1) is 22.7 Å². The van der Waals surface area contributed by atoms with Gasteiger partial charge in [0, 0.05) is 6.20 Å². The number of nitrogens with zero attached hydrogens (tertiary/aromatic N) is 4. The summed E-state index contributed by atoms with van der Waals surface area (Å²) in [6.07, 6.45) is 1.66. The molecule has 0 atom stereocenters. The van der Waals surface area contributed by atoms with Crippen molar-refractivity contribution in [3.8, 4) is 5.82 Å². The Balaban J connectivity index is 2.53. The van der Waals surface area contributed by atoms with Gasteiger partial charge in [-0.1, -0.05) is 11.6 Å². The molecule has 2 rings (SSSR count). The lowest BCUT2D eigenvalue weighted by Gasteiger charge is -2.00. The average Bonchev–Trinajstić information content (AvgIpc) is 2.64. The maximum atomic E-state index is 10.6. The third kappa shape index (κ3) is 2.01. The van der Waals surface area contributed by atoms with E-state index in [1.807, 2.05) is 6.92 Å². The third-order valence-corrected chi connectivity index (χ3v) is 2.13. The van der Waals surface area contributed by atoms with Gasteiger partial charge in [0.15, 0.2) is 5.82 Å². The highest BCUT2D eigenvalue weighted by atomic mass is 35.5. The number of nitro groups is 1. The Hall–Kier alpha value is -1.95. The molecule has 2 heterocycles. The first-order valence-corrected chi connectivity index (χ1v) is 4.79. The first kappa shape index (κ1) is 10.6. The molecule has 0 fully saturated rings. The summed E-state index contributed by atoms with van der Waals surface area (Å²) >= 11 is 5.69. The average molecular weight is 239 g/mol. The fraction of sp³-hybridized carbons (Fsp3) is 0.111. The van der Waals surface area contributed by atoms with E-state index >= 15 is 0 Å². The van der Waals surface area contributed by atoms with Gasteiger partial charge in [0.2, 0.25) is 0 Å². The molecule has 82 valence electrons. The van der Waals surface area contributed by atoms with Crippen LogP contribution in [0.25, 0.3) is 5.82 Å². The monoisotopic (exact) mass is 238 g/mol. The van der Waals surface area contributed by atoms with Crippen LogP contribution in [0.15, 0.2) is 24.4 Å². The minimum Gasteiger partial charge on any atom is -0.258 e. The van der Waals surface area contributed by atoms with Crippen LogP contribution < -0.4 is 0 Å². The van der Waals surface area contributed by atoms with Gasteiger partial charge in [-0.3, -0.25) is 10.1 Å². The quantitative estimate of drug-likeness (QED) is 0.456. The minimum atomic E-state index is -0.520. The third-order valence-electron chi connectivity index (χ3n) is 1.93. The molecule has 2 aromatic rings. The zero-order valence-corrected chi connectivity index (χ0v) is 9.05. The van der Waals surface area contributed by atoms with Crippen LogP contribution in [-0.4, -0.2) is 19.7 Å². The van der Waals surface area contributed by atoms with E-state index in [4.69, 9.17) is 11.6 Å². The van der Waals surface area contributed by atoms with Crippen molar-refractivity contribution in [2.45, 2.75) is 6.92 Å². The number of halogens is 1. The molecule has 0 aliphatic rings. The number of rotatable bonds is 2. The second-order valence-corrected chi connectivity index (χ2v) is 3.55. The smallest absolute Gasteiger partial charge is 0.258 e. The lowest BCUT2D eigenvalue weighted by molar-refractivity contribution is -0.384. The van der Waals surface area contributed by atoms with Crippen LogP contribution in [0, 0.1) is 17.0 Å². The molecule has 0 unspecified atom stereocenters. The van der Waals surface area contributed by atoms with Gasteiger partial charge in [-0.05, 0) is 13.0 Å². The molecular weight excluding hydrogens is 232 g/mol. The Labute approximate surface area is 95.6 Å². The van der Waals surface area contributed by atoms with Crippen molar-refractivity contribution in [1.82, 2.24) is 14.8 Å². The van der Waals surface area contributed by atoms with E-state index in [1.54, 1.807) is 12.3 Å². The van der Waals surface area contributed by atoms with E-state index in [9.17, 15) is 10.1 Å². The highest BCUT2D eigenvalue weighted by molar-refractivity contribution is 6.29. The van der Waals surface area contributed by atoms with Gasteiger partial charge >= 0.3 is 0 Å². The fourth-order valence-corrected chi connectivity index (χ4v) is 1.43. The normalized spacial score (nSPS) is 10.4. The molecule has 0 saturated heterocycles. The van der Waals surface area contributed by atoms with E-state index < -0.39 is 4.92 Å². The first-order valence-electron chi connectivity index (χ1n) is 4.41. The molecular formula is C9H7ClN4O2. The van der Waals surface area contributed by atoms with Gasteiger partial charge < -0.3 is 0 Å². The van der Waals surface area contributed by atoms with Crippen LogP contribution in [0.1, 0.15) is 5.69 Å². The zero-order chi connectivity index (χ0) is 11.7. The van der Waals surface area contributed by atoms with E-state index in [2.05, 4.69) is 10.1 Å². The highest BCUT2D eigenvalue weighted by Gasteiger charge is 2.11. The van der Waals surface area contributed by atoms with Crippen LogP contribution in [0.2, 0.25) is 5.15 Å². The molecule has 0 aromatic carbocycles. The molecule has 0 radical (unpaired) electrons. The molecule has 0 amide bonds. The number of pyridine rings is 1. The Morgan fingerprint density at radius 2 is 2.25 bits per heavy atom. The van der Waals surface area contributed by atoms with Crippen LogP contribution in [-0.2, 0) is 0 Å². The number of aryl methyl sites for hydroxylation is 1. The van der Waals surface area contributed by atoms with Crippen molar-refractivity contribution < 1.29 is 4.92 Å². The maximum absolute atomic E-state index is 10.6. The summed E-state index contributed by atoms with van der Waals surface area (Å²) in [5, 5.41) is 14.8. The van der Waals surface area contributed by atoms with Crippen molar-refractivity contribution in [2.75, 3.05) is 0 Å². The van der Waals surface area contributed by atoms with E-state index in [0.717, 1.165) is 5.69 Å². The van der Waals surface area contributed by atoms with E-state index in [1.165, 1.54) is 16.8 Å². The maximum Gasteiger partial charge on any atom is 0.276 e. The van der Waals surface area contributed by atoms with Crippen molar-refractivity contribution in [3.63, 3.8) is 0 Å². The van der Waals surface area contributed by atoms with Gasteiger partial charge in [0.25, 0.3) is 5.69 Å². The Bertz CT molecular complexity index is 552. The molecule has 2 aromatic heterocycles. The molecule has 0 spiro atoms. The molecule has 16 heavy (non-hydrogen) atoms. The standard InChI is InChI=1S/C9H7ClN4O2/c1-6-2-3-13(12-6)9-5-7(14(15)16)4-8(10)11-9/h2-5H,1H3. The number of hydrogen-bond donors (Lipinski definition) is 0. The van der Waals surface area contributed by atoms with Crippen LogP contribution in [0.5, 0.6) is 0 Å². The first-order chi connectivity index (χ1) is 7.56. The van der Waals surface area contributed by atoms with Crippen LogP contribution >= 0.6 is 11.6 Å². The van der Waals surface area contributed by atoms with Crippen LogP contribution in [0.3, 0.4) is 0 Å². The van der Waals surface area contributed by atoms with Gasteiger partial charge in [-0.2, -0.15) is 5.10 Å². The molecule has 0 N–H and O–H groups in total. The van der Waals surface area contributed by atoms with Crippen molar-refractivity contribution in [2.24, 2.45) is 0 Å². The number of aromatic nitrogens is 3. The predicted octanol–water partition coefficient (Wildman–Crippen LogP) is 2.14. The SMILES string of the molecule is Cc1ccn(-c2cc([N+](=O)[O-])cc(Cl)n2)n1. The fourth-order valence-electron chi connectivity index (χ4n) is 1.24. The largest absolute Gasteiger partial charge is 0.276 e. The summed E-state index contributed by atoms with van der Waals surface area (Å²) < 4.78 is 1.44. The van der Waals surface area contributed by atoms with E-state index in [0.29, 0.717) is 5.82 Å². The highest BCUT2D eigenvalue weighted by Crippen LogP contribution is 2.19. The molecule has 0 bridgehead atoms. The zero-order valence-electron chi connectivity index (χ0n) is 8.29. The summed E-state index contributed by atoms with van der Waals surface area (Å²) in [6.45, 7) is 1.81. The molecule has 0 aliphatic carbocycles. The number of hydrogen-bond acceptors (Lipinski definition) is 4. The van der Waals surface area contributed by atoms with Crippen molar-refractivity contribution in [3.05, 3.63) is 45.4 Å². The Morgan fingerprint density at radius 3 is 2.81 bits per heavy atom. The Morgan fingerprint density at radius 1 is 1.50 bits per heavy atom. The predicted molar refractivity (Wildman–Crippen MR) is 57.8 cm³/mol. The van der Waals surface area contributed by atoms with Gasteiger partial charge in [-0.15, -0.1) is 0 Å². The minimum absolute atomic E-state index is 0.0670. The summed E-state index contributed by atoms with van der Waals surface area (Å²) in [5.41, 5.74) is 0.688.